The molecule has 23 heavy (non-hydrogen) atoms. The van der Waals surface area contributed by atoms with Gasteiger partial charge in [-0.05, 0) is 41.6 Å². The van der Waals surface area contributed by atoms with Gasteiger partial charge in [0.2, 0.25) is 5.56 Å². The molecule has 4 aromatic rings. The second-order valence-corrected chi connectivity index (χ2v) is 5.56. The third-order valence-electron chi connectivity index (χ3n) is 4.06. The molecule has 4 heteroatoms. The van der Waals surface area contributed by atoms with Crippen molar-refractivity contribution >= 4 is 10.9 Å². The third kappa shape index (κ3) is 2.34. The SMILES string of the molecule is Cc1ccccc1-c1cc2ccc(=O)[nH]c2cc1-n1ccnc1. The van der Waals surface area contributed by atoms with Gasteiger partial charge in [-0.15, -0.1) is 0 Å². The summed E-state index contributed by atoms with van der Waals surface area (Å²) in [6.07, 6.45) is 5.42. The highest BCUT2D eigenvalue weighted by molar-refractivity contribution is 5.90. The van der Waals surface area contributed by atoms with E-state index in [9.17, 15) is 4.79 Å². The average molecular weight is 301 g/mol. The van der Waals surface area contributed by atoms with Crippen LogP contribution in [0.5, 0.6) is 0 Å². The maximum atomic E-state index is 11.6. The smallest absolute Gasteiger partial charge is 0.248 e. The molecule has 0 aliphatic heterocycles. The molecule has 4 nitrogen and oxygen atoms in total. The van der Waals surface area contributed by atoms with E-state index >= 15 is 0 Å². The maximum Gasteiger partial charge on any atom is 0.248 e. The highest BCUT2D eigenvalue weighted by Gasteiger charge is 2.11. The van der Waals surface area contributed by atoms with Gasteiger partial charge in [0.25, 0.3) is 0 Å². The fourth-order valence-electron chi connectivity index (χ4n) is 2.90. The minimum atomic E-state index is -0.0993. The van der Waals surface area contributed by atoms with Gasteiger partial charge in [0.15, 0.2) is 0 Å². The lowest BCUT2D eigenvalue weighted by Crippen LogP contribution is -2.04. The second-order valence-electron chi connectivity index (χ2n) is 5.56. The van der Waals surface area contributed by atoms with Gasteiger partial charge in [0.05, 0.1) is 17.5 Å². The molecule has 0 aliphatic carbocycles. The zero-order valence-corrected chi connectivity index (χ0v) is 12.7. The van der Waals surface area contributed by atoms with Gasteiger partial charge in [-0.2, -0.15) is 0 Å². The molecule has 2 aromatic heterocycles. The van der Waals surface area contributed by atoms with Crippen molar-refractivity contribution in [2.45, 2.75) is 6.92 Å². The third-order valence-corrected chi connectivity index (χ3v) is 4.06. The number of imidazole rings is 1. The number of fused-ring (bicyclic) bond motifs is 1. The first-order chi connectivity index (χ1) is 11.2. The van der Waals surface area contributed by atoms with Crippen LogP contribution in [-0.4, -0.2) is 14.5 Å². The first-order valence-electron chi connectivity index (χ1n) is 7.44. The number of nitrogens with zero attached hydrogens (tertiary/aromatic N) is 2. The molecule has 0 fully saturated rings. The summed E-state index contributed by atoms with van der Waals surface area (Å²) in [6, 6.07) is 15.8. The lowest BCUT2D eigenvalue weighted by molar-refractivity contribution is 1.06. The topological polar surface area (TPSA) is 50.7 Å². The maximum absolute atomic E-state index is 11.6. The minimum Gasteiger partial charge on any atom is -0.322 e. The van der Waals surface area contributed by atoms with E-state index in [4.69, 9.17) is 0 Å². The van der Waals surface area contributed by atoms with Crippen LogP contribution in [0.4, 0.5) is 0 Å². The fourth-order valence-corrected chi connectivity index (χ4v) is 2.90. The van der Waals surface area contributed by atoms with E-state index in [-0.39, 0.29) is 5.56 Å². The van der Waals surface area contributed by atoms with Crippen molar-refractivity contribution in [3.05, 3.63) is 83.2 Å². The van der Waals surface area contributed by atoms with Crippen LogP contribution in [-0.2, 0) is 0 Å². The summed E-state index contributed by atoms with van der Waals surface area (Å²) in [6.45, 7) is 2.10. The molecule has 4 rings (SSSR count). The van der Waals surface area contributed by atoms with Crippen molar-refractivity contribution in [3.63, 3.8) is 0 Å². The number of aromatic amines is 1. The number of aromatic nitrogens is 3. The predicted molar refractivity (Wildman–Crippen MR) is 91.9 cm³/mol. The van der Waals surface area contributed by atoms with Crippen molar-refractivity contribution in [2.24, 2.45) is 0 Å². The molecule has 0 atom stereocenters. The summed E-state index contributed by atoms with van der Waals surface area (Å²) in [7, 11) is 0. The molecule has 0 bridgehead atoms. The number of H-pyrrole nitrogens is 1. The molecule has 2 heterocycles. The van der Waals surface area contributed by atoms with Gasteiger partial charge in [0, 0.05) is 24.0 Å². The van der Waals surface area contributed by atoms with Gasteiger partial charge in [0.1, 0.15) is 0 Å². The Morgan fingerprint density at radius 2 is 1.91 bits per heavy atom. The summed E-state index contributed by atoms with van der Waals surface area (Å²) in [5.74, 6) is 0. The lowest BCUT2D eigenvalue weighted by atomic mass is 9.97. The van der Waals surface area contributed by atoms with Crippen LogP contribution >= 0.6 is 0 Å². The molecule has 0 spiro atoms. The van der Waals surface area contributed by atoms with E-state index in [1.807, 2.05) is 35.0 Å². The van der Waals surface area contributed by atoms with E-state index in [1.54, 1.807) is 18.6 Å². The first kappa shape index (κ1) is 13.5. The largest absolute Gasteiger partial charge is 0.322 e. The predicted octanol–water partition coefficient (Wildman–Crippen LogP) is 3.69. The molecule has 0 aliphatic rings. The zero-order chi connectivity index (χ0) is 15.8. The summed E-state index contributed by atoms with van der Waals surface area (Å²) < 4.78 is 1.96. The number of hydrogen-bond acceptors (Lipinski definition) is 2. The van der Waals surface area contributed by atoms with Crippen molar-refractivity contribution < 1.29 is 0 Å². The van der Waals surface area contributed by atoms with Crippen molar-refractivity contribution in [3.8, 4) is 16.8 Å². The molecule has 0 amide bonds. The Bertz CT molecular complexity index is 1050. The van der Waals surface area contributed by atoms with Crippen LogP contribution in [0.15, 0.2) is 72.0 Å². The van der Waals surface area contributed by atoms with E-state index < -0.39 is 0 Å². The molecule has 0 saturated carbocycles. The van der Waals surface area contributed by atoms with Crippen LogP contribution in [0.1, 0.15) is 5.56 Å². The molecule has 112 valence electrons. The Labute approximate surface area is 133 Å². The highest BCUT2D eigenvalue weighted by atomic mass is 16.1. The molecular weight excluding hydrogens is 286 g/mol. The molecule has 1 N–H and O–H groups in total. The van der Waals surface area contributed by atoms with Crippen LogP contribution in [0.25, 0.3) is 27.7 Å². The van der Waals surface area contributed by atoms with Crippen molar-refractivity contribution in [2.75, 3.05) is 0 Å². The van der Waals surface area contributed by atoms with E-state index in [0.717, 1.165) is 22.2 Å². The number of hydrogen-bond donors (Lipinski definition) is 1. The summed E-state index contributed by atoms with van der Waals surface area (Å²) in [5.41, 5.74) is 5.20. The number of aryl methyl sites for hydroxylation is 1. The fraction of sp³-hybridized carbons (Fsp3) is 0.0526. The average Bonchev–Trinajstić information content (AvgIpc) is 3.08. The monoisotopic (exact) mass is 301 g/mol. The van der Waals surface area contributed by atoms with Crippen LogP contribution in [0.3, 0.4) is 0 Å². The summed E-state index contributed by atoms with van der Waals surface area (Å²) in [4.78, 5) is 18.7. The Balaban J connectivity index is 2.09. The molecular formula is C19H15N3O. The van der Waals surface area contributed by atoms with Gasteiger partial charge in [-0.1, -0.05) is 24.3 Å². The Morgan fingerprint density at radius 1 is 1.04 bits per heavy atom. The Morgan fingerprint density at radius 3 is 2.70 bits per heavy atom. The summed E-state index contributed by atoms with van der Waals surface area (Å²) >= 11 is 0. The van der Waals surface area contributed by atoms with Crippen molar-refractivity contribution in [1.82, 2.24) is 14.5 Å². The van der Waals surface area contributed by atoms with Gasteiger partial charge in [-0.3, -0.25) is 4.79 Å². The zero-order valence-electron chi connectivity index (χ0n) is 12.7. The summed E-state index contributed by atoms with van der Waals surface area (Å²) in [5, 5.41) is 1.01. The van der Waals surface area contributed by atoms with Gasteiger partial charge >= 0.3 is 0 Å². The van der Waals surface area contributed by atoms with E-state index in [2.05, 4.69) is 35.1 Å². The van der Waals surface area contributed by atoms with Gasteiger partial charge in [-0.25, -0.2) is 4.98 Å². The quantitative estimate of drug-likeness (QED) is 0.614. The highest BCUT2D eigenvalue weighted by Crippen LogP contribution is 2.32. The normalized spacial score (nSPS) is 11.0. The molecule has 2 aromatic carbocycles. The second kappa shape index (κ2) is 5.25. The number of rotatable bonds is 2. The first-order valence-corrected chi connectivity index (χ1v) is 7.44. The molecule has 0 unspecified atom stereocenters. The van der Waals surface area contributed by atoms with E-state index in [0.29, 0.717) is 0 Å². The minimum absolute atomic E-state index is 0.0993. The number of pyridine rings is 1. The van der Waals surface area contributed by atoms with Gasteiger partial charge < -0.3 is 9.55 Å². The van der Waals surface area contributed by atoms with Crippen LogP contribution in [0, 0.1) is 6.92 Å². The van der Waals surface area contributed by atoms with E-state index in [1.165, 1.54) is 11.1 Å². The Kier molecular flexibility index (Phi) is 3.08. The Hall–Kier alpha value is -3.14. The lowest BCUT2D eigenvalue weighted by Gasteiger charge is -2.14. The standard InChI is InChI=1S/C19H15N3O/c1-13-4-2-3-5-15(13)16-10-14-6-7-19(23)21-17(14)11-18(16)22-9-8-20-12-22/h2-12H,1H3,(H,21,23). The van der Waals surface area contributed by atoms with Crippen LogP contribution in [0.2, 0.25) is 0 Å². The van der Waals surface area contributed by atoms with Crippen LogP contribution < -0.4 is 5.56 Å². The number of nitrogens with one attached hydrogen (secondary N) is 1. The molecule has 0 radical (unpaired) electrons. The molecule has 0 saturated heterocycles. The van der Waals surface area contributed by atoms with Crippen molar-refractivity contribution in [1.29, 1.82) is 0 Å². The number of benzene rings is 2.